The molecule has 0 amide bonds. The van der Waals surface area contributed by atoms with Gasteiger partial charge in [-0.3, -0.25) is 0 Å². The first-order valence-corrected chi connectivity index (χ1v) is 2.94. The molecule has 4 N–H and O–H groups in total. The lowest BCUT2D eigenvalue weighted by Crippen LogP contribution is -1.97. The first-order valence-electron chi connectivity index (χ1n) is 1.52. The molecule has 3 heteroatoms. The standard InChI is InChI=1S/C2H9N2P/c3-1-5-2-4/h5H,1-4H2. The summed E-state index contributed by atoms with van der Waals surface area (Å²) in [6, 6.07) is 0. The Labute approximate surface area is 33.7 Å². The van der Waals surface area contributed by atoms with Crippen molar-refractivity contribution >= 4 is 8.58 Å². The van der Waals surface area contributed by atoms with Crippen molar-refractivity contribution in [2.45, 2.75) is 0 Å². The van der Waals surface area contributed by atoms with Crippen molar-refractivity contribution in [3.05, 3.63) is 0 Å². The molecule has 0 aromatic heterocycles. The molecule has 0 radical (unpaired) electrons. The minimum atomic E-state index is 0.747. The lowest BCUT2D eigenvalue weighted by molar-refractivity contribution is 1.33. The van der Waals surface area contributed by atoms with E-state index in [2.05, 4.69) is 0 Å². The molecule has 0 aromatic carbocycles. The van der Waals surface area contributed by atoms with Gasteiger partial charge in [0.15, 0.2) is 0 Å². The third-order valence-corrected chi connectivity index (χ3v) is 0.866. The predicted molar refractivity (Wildman–Crippen MR) is 26.4 cm³/mol. The van der Waals surface area contributed by atoms with Gasteiger partial charge in [0.05, 0.1) is 0 Å². The molecule has 0 atom stereocenters. The van der Waals surface area contributed by atoms with Gasteiger partial charge in [-0.05, 0) is 0 Å². The highest BCUT2D eigenvalue weighted by molar-refractivity contribution is 7.37. The molecular formula is C2H9N2P. The highest BCUT2D eigenvalue weighted by Crippen LogP contribution is 1.96. The molecule has 0 spiro atoms. The van der Waals surface area contributed by atoms with Gasteiger partial charge in [0.2, 0.25) is 0 Å². The molecule has 0 rings (SSSR count). The van der Waals surface area contributed by atoms with E-state index in [1.54, 1.807) is 0 Å². The molecule has 32 valence electrons. The number of rotatable bonds is 2. The molecule has 0 fully saturated rings. The summed E-state index contributed by atoms with van der Waals surface area (Å²) < 4.78 is 0. The van der Waals surface area contributed by atoms with E-state index in [1.807, 2.05) is 0 Å². The number of hydrogen-bond acceptors (Lipinski definition) is 2. The molecule has 0 heterocycles. The summed E-state index contributed by atoms with van der Waals surface area (Å²) in [5, 5.41) is 0. The summed E-state index contributed by atoms with van der Waals surface area (Å²) in [7, 11) is 0.753. The van der Waals surface area contributed by atoms with Gasteiger partial charge in [-0.15, -0.1) is 0 Å². The summed E-state index contributed by atoms with van der Waals surface area (Å²) in [6.07, 6.45) is 1.49. The first-order chi connectivity index (χ1) is 2.41. The van der Waals surface area contributed by atoms with Crippen LogP contribution in [-0.2, 0) is 0 Å². The van der Waals surface area contributed by atoms with Crippen molar-refractivity contribution in [3.8, 4) is 0 Å². The predicted octanol–water partition coefficient (Wildman–Crippen LogP) is -0.503. The average molecular weight is 92.1 g/mol. The Balaban J connectivity index is 2.19. The summed E-state index contributed by atoms with van der Waals surface area (Å²) in [6.45, 7) is 0. The van der Waals surface area contributed by atoms with Crippen molar-refractivity contribution < 1.29 is 0 Å². The second kappa shape index (κ2) is 4.35. The minimum Gasteiger partial charge on any atom is -0.327 e. The van der Waals surface area contributed by atoms with Crippen LogP contribution in [0.25, 0.3) is 0 Å². The molecule has 0 aliphatic rings. The van der Waals surface area contributed by atoms with Crippen LogP contribution >= 0.6 is 8.58 Å². The van der Waals surface area contributed by atoms with Gasteiger partial charge >= 0.3 is 0 Å². The van der Waals surface area contributed by atoms with Gasteiger partial charge in [-0.25, -0.2) is 0 Å². The van der Waals surface area contributed by atoms with Gasteiger partial charge in [-0.2, -0.15) is 0 Å². The first kappa shape index (κ1) is 5.35. The molecule has 2 nitrogen and oxygen atoms in total. The Bertz CT molecular complexity index is 15.1. The van der Waals surface area contributed by atoms with Crippen molar-refractivity contribution in [2.75, 3.05) is 12.6 Å². The van der Waals surface area contributed by atoms with Gasteiger partial charge < -0.3 is 11.5 Å². The van der Waals surface area contributed by atoms with E-state index in [1.165, 1.54) is 0 Å². The highest BCUT2D eigenvalue weighted by atomic mass is 31.1. The third-order valence-electron chi connectivity index (χ3n) is 0.289. The summed E-state index contributed by atoms with van der Waals surface area (Å²) in [5.74, 6) is 0. The maximum atomic E-state index is 5.07. The van der Waals surface area contributed by atoms with Crippen LogP contribution in [0, 0.1) is 0 Å². The second-order valence-electron chi connectivity index (χ2n) is 0.658. The monoisotopic (exact) mass is 92.1 g/mol. The zero-order valence-electron chi connectivity index (χ0n) is 3.07. The zero-order chi connectivity index (χ0) is 4.12. The van der Waals surface area contributed by atoms with Crippen molar-refractivity contribution in [1.29, 1.82) is 0 Å². The van der Waals surface area contributed by atoms with E-state index in [0.717, 1.165) is 21.2 Å². The number of hydrogen-bond donors (Lipinski definition) is 2. The lowest BCUT2D eigenvalue weighted by Gasteiger charge is -1.82. The SMILES string of the molecule is NCPCN. The van der Waals surface area contributed by atoms with Gasteiger partial charge in [0.25, 0.3) is 0 Å². The fourth-order valence-electron chi connectivity index (χ4n) is 0.0833. The van der Waals surface area contributed by atoms with Crippen LogP contribution < -0.4 is 11.5 Å². The van der Waals surface area contributed by atoms with Crippen LogP contribution in [-0.4, -0.2) is 12.6 Å². The molecule has 0 bridgehead atoms. The van der Waals surface area contributed by atoms with E-state index in [0.29, 0.717) is 0 Å². The Kier molecular flexibility index (Phi) is 4.65. The average Bonchev–Trinajstić information content (AvgIpc) is 1.41. The second-order valence-corrected chi connectivity index (χ2v) is 1.97. The van der Waals surface area contributed by atoms with Crippen LogP contribution in [0.4, 0.5) is 0 Å². The van der Waals surface area contributed by atoms with Crippen LogP contribution in [0.2, 0.25) is 0 Å². The Morgan fingerprint density at radius 3 is 1.60 bits per heavy atom. The minimum absolute atomic E-state index is 0.747. The van der Waals surface area contributed by atoms with E-state index in [-0.39, 0.29) is 0 Å². The summed E-state index contributed by atoms with van der Waals surface area (Å²) in [5.41, 5.74) is 10.1. The maximum absolute atomic E-state index is 5.07. The van der Waals surface area contributed by atoms with Crippen LogP contribution in [0.3, 0.4) is 0 Å². The molecule has 0 unspecified atom stereocenters. The Morgan fingerprint density at radius 1 is 1.20 bits per heavy atom. The smallest absolute Gasteiger partial charge is 0.0111 e. The normalized spacial score (nSPS) is 8.40. The van der Waals surface area contributed by atoms with Crippen LogP contribution in [0.15, 0.2) is 0 Å². The van der Waals surface area contributed by atoms with Crippen LogP contribution in [0.1, 0.15) is 0 Å². The van der Waals surface area contributed by atoms with Crippen molar-refractivity contribution in [2.24, 2.45) is 11.5 Å². The highest BCUT2D eigenvalue weighted by Gasteiger charge is 1.66. The molecule has 0 aliphatic carbocycles. The van der Waals surface area contributed by atoms with Crippen molar-refractivity contribution in [1.82, 2.24) is 0 Å². The molecule has 5 heavy (non-hydrogen) atoms. The Morgan fingerprint density at radius 2 is 1.60 bits per heavy atom. The third kappa shape index (κ3) is 4.35. The summed E-state index contributed by atoms with van der Waals surface area (Å²) >= 11 is 0. The van der Waals surface area contributed by atoms with Crippen molar-refractivity contribution in [3.63, 3.8) is 0 Å². The Hall–Kier alpha value is 0.350. The molecule has 0 aromatic rings. The van der Waals surface area contributed by atoms with Gasteiger partial charge in [0.1, 0.15) is 0 Å². The summed E-state index contributed by atoms with van der Waals surface area (Å²) in [4.78, 5) is 0. The molecular weight excluding hydrogens is 83.0 g/mol. The topological polar surface area (TPSA) is 52.0 Å². The molecule has 0 aliphatic heterocycles. The van der Waals surface area contributed by atoms with E-state index in [9.17, 15) is 0 Å². The zero-order valence-corrected chi connectivity index (χ0v) is 4.07. The molecule has 0 saturated carbocycles. The lowest BCUT2D eigenvalue weighted by atomic mass is 11.5. The molecule has 0 saturated heterocycles. The maximum Gasteiger partial charge on any atom is 0.0111 e. The quantitative estimate of drug-likeness (QED) is 0.451. The fraction of sp³-hybridized carbons (Fsp3) is 1.00. The fourth-order valence-corrected chi connectivity index (χ4v) is 0.250. The van der Waals surface area contributed by atoms with Crippen LogP contribution in [0.5, 0.6) is 0 Å². The number of nitrogens with two attached hydrogens (primary N) is 2. The van der Waals surface area contributed by atoms with E-state index in [4.69, 9.17) is 11.5 Å². The van der Waals surface area contributed by atoms with E-state index < -0.39 is 0 Å². The van der Waals surface area contributed by atoms with E-state index >= 15 is 0 Å². The van der Waals surface area contributed by atoms with Gasteiger partial charge in [0, 0.05) is 12.6 Å². The van der Waals surface area contributed by atoms with Gasteiger partial charge in [-0.1, -0.05) is 8.58 Å². The largest absolute Gasteiger partial charge is 0.327 e.